The van der Waals surface area contributed by atoms with Crippen molar-refractivity contribution in [1.82, 2.24) is 15.2 Å². The van der Waals surface area contributed by atoms with Gasteiger partial charge in [-0.1, -0.05) is 59.6 Å². The zero-order valence-corrected chi connectivity index (χ0v) is 28.0. The van der Waals surface area contributed by atoms with Crippen molar-refractivity contribution in [3.63, 3.8) is 0 Å². The number of nitrogens with one attached hydrogen (secondary N) is 1. The maximum Gasteiger partial charge on any atom is 0.348 e. The number of nitrogens with zero attached hydrogens (tertiary/aromatic N) is 2. The number of likely N-dealkylation sites (tertiary alicyclic amines) is 1. The molecular weight excluding hydrogens is 649 g/mol. The van der Waals surface area contributed by atoms with Crippen molar-refractivity contribution in [2.45, 2.75) is 37.6 Å². The topological polar surface area (TPSA) is 99.2 Å². The van der Waals surface area contributed by atoms with Crippen molar-refractivity contribution in [3.05, 3.63) is 110 Å². The van der Waals surface area contributed by atoms with E-state index in [-0.39, 0.29) is 18.5 Å². The summed E-state index contributed by atoms with van der Waals surface area (Å²) in [6, 6.07) is 17.7. The Labute approximate surface area is 282 Å². The Morgan fingerprint density at radius 1 is 1.00 bits per heavy atom. The van der Waals surface area contributed by atoms with Gasteiger partial charge in [-0.2, -0.15) is 0 Å². The number of hydrogen-bond donors (Lipinski definition) is 1. The van der Waals surface area contributed by atoms with Gasteiger partial charge in [0.25, 0.3) is 0 Å². The molecule has 0 aliphatic carbocycles. The minimum absolute atomic E-state index is 0.135. The monoisotopic (exact) mass is 683 g/mol. The van der Waals surface area contributed by atoms with Crippen LogP contribution < -0.4 is 14.8 Å². The zero-order valence-electron chi connectivity index (χ0n) is 25.7. The Morgan fingerprint density at radius 3 is 2.41 bits per heavy atom. The number of ether oxygens (including phenoxy) is 4. The van der Waals surface area contributed by atoms with Gasteiger partial charge in [-0.15, -0.1) is 11.3 Å². The van der Waals surface area contributed by atoms with Crippen LogP contribution in [0.4, 0.5) is 0 Å². The van der Waals surface area contributed by atoms with Crippen LogP contribution in [0, 0.1) is 0 Å². The van der Waals surface area contributed by atoms with Crippen LogP contribution in [0.25, 0.3) is 0 Å². The van der Waals surface area contributed by atoms with Crippen LogP contribution in [0.1, 0.15) is 49.8 Å². The largest absolute Gasteiger partial charge is 0.493 e. The number of thiophene rings is 1. The standard InChI is InChI=1S/C34H35Cl2N3O6S/c1-39-14-13-23(20-39)44-34(41)32(21-7-5-4-6-8-21)38-17-24-10-12-31(46-24)33(40)45-29(16-25-26(35)18-37-19-27(25)36)22-9-11-28(42-2)30(15-22)43-3/h4-12,15,18-19,23,29,32,38H,13-14,16-17,20H2,1-3H3/t23-,29+,32?/m1/s1. The van der Waals surface area contributed by atoms with E-state index in [1.807, 2.05) is 43.4 Å². The fraction of sp³-hybridized carbons (Fsp3) is 0.324. The molecule has 242 valence electrons. The van der Waals surface area contributed by atoms with E-state index < -0.39 is 18.1 Å². The third-order valence-electron chi connectivity index (χ3n) is 7.71. The molecule has 5 rings (SSSR count). The van der Waals surface area contributed by atoms with Crippen LogP contribution in [0.3, 0.4) is 0 Å². The summed E-state index contributed by atoms with van der Waals surface area (Å²) in [4.78, 5) is 34.2. The molecule has 0 spiro atoms. The highest BCUT2D eigenvalue weighted by Crippen LogP contribution is 2.36. The molecular formula is C34H35Cl2N3O6S. The van der Waals surface area contributed by atoms with Gasteiger partial charge < -0.3 is 23.8 Å². The van der Waals surface area contributed by atoms with Gasteiger partial charge in [-0.3, -0.25) is 10.3 Å². The van der Waals surface area contributed by atoms with Crippen molar-refractivity contribution >= 4 is 46.5 Å². The first-order valence-corrected chi connectivity index (χ1v) is 16.3. The molecule has 4 aromatic rings. The van der Waals surface area contributed by atoms with Gasteiger partial charge in [0, 0.05) is 43.3 Å². The lowest BCUT2D eigenvalue weighted by Gasteiger charge is -2.21. The Balaban J connectivity index is 1.31. The lowest BCUT2D eigenvalue weighted by Crippen LogP contribution is -2.33. The lowest BCUT2D eigenvalue weighted by atomic mass is 10.0. The Morgan fingerprint density at radius 2 is 1.74 bits per heavy atom. The van der Waals surface area contributed by atoms with Crippen molar-refractivity contribution < 1.29 is 28.5 Å². The fourth-order valence-corrected chi connectivity index (χ4v) is 6.64. The molecule has 0 bridgehead atoms. The number of pyridine rings is 1. The maximum absolute atomic E-state index is 13.5. The average molecular weight is 685 g/mol. The number of carbonyl (C=O) groups is 2. The van der Waals surface area contributed by atoms with Gasteiger partial charge in [0.1, 0.15) is 23.1 Å². The summed E-state index contributed by atoms with van der Waals surface area (Å²) in [6.45, 7) is 1.96. The number of esters is 2. The summed E-state index contributed by atoms with van der Waals surface area (Å²) in [5.41, 5.74) is 2.08. The summed E-state index contributed by atoms with van der Waals surface area (Å²) in [5.74, 6) is 0.194. The predicted molar refractivity (Wildman–Crippen MR) is 178 cm³/mol. The van der Waals surface area contributed by atoms with Crippen LogP contribution in [0.15, 0.2) is 73.1 Å². The summed E-state index contributed by atoms with van der Waals surface area (Å²) in [6.07, 6.45) is 3.13. The summed E-state index contributed by atoms with van der Waals surface area (Å²) >= 11 is 14.1. The fourth-order valence-electron chi connectivity index (χ4n) is 5.28. The number of halogens is 2. The van der Waals surface area contributed by atoms with Crippen LogP contribution >= 0.6 is 34.5 Å². The molecule has 2 aromatic carbocycles. The van der Waals surface area contributed by atoms with E-state index in [0.29, 0.717) is 50.6 Å². The van der Waals surface area contributed by atoms with E-state index in [1.54, 1.807) is 31.4 Å². The van der Waals surface area contributed by atoms with Crippen LogP contribution in [-0.4, -0.2) is 62.3 Å². The third kappa shape index (κ3) is 8.37. The van der Waals surface area contributed by atoms with E-state index in [0.717, 1.165) is 23.4 Å². The third-order valence-corrected chi connectivity index (χ3v) is 9.43. The maximum atomic E-state index is 13.5. The molecule has 0 amide bonds. The molecule has 0 radical (unpaired) electrons. The molecule has 1 N–H and O–H groups in total. The molecule has 1 aliphatic rings. The molecule has 1 unspecified atom stereocenters. The van der Waals surface area contributed by atoms with Gasteiger partial charge >= 0.3 is 11.9 Å². The number of methoxy groups -OCH3 is 2. The predicted octanol–water partition coefficient (Wildman–Crippen LogP) is 6.69. The summed E-state index contributed by atoms with van der Waals surface area (Å²) in [5, 5.41) is 4.07. The van der Waals surface area contributed by atoms with E-state index in [4.69, 9.17) is 42.1 Å². The van der Waals surface area contributed by atoms with Gasteiger partial charge in [-0.25, -0.2) is 9.59 Å². The van der Waals surface area contributed by atoms with Crippen molar-refractivity contribution in [2.75, 3.05) is 34.4 Å². The van der Waals surface area contributed by atoms with Crippen LogP contribution in [-0.2, 0) is 27.2 Å². The van der Waals surface area contributed by atoms with E-state index in [1.165, 1.54) is 30.8 Å². The normalized spacial score (nSPS) is 16.1. The lowest BCUT2D eigenvalue weighted by molar-refractivity contribution is -0.151. The zero-order chi connectivity index (χ0) is 32.6. The first kappa shape index (κ1) is 33.7. The van der Waals surface area contributed by atoms with Crippen molar-refractivity contribution in [2.24, 2.45) is 0 Å². The molecule has 0 saturated carbocycles. The van der Waals surface area contributed by atoms with Gasteiger partial charge in [0.05, 0.1) is 24.3 Å². The van der Waals surface area contributed by atoms with E-state index in [2.05, 4.69) is 15.2 Å². The average Bonchev–Trinajstić information content (AvgIpc) is 3.71. The highest BCUT2D eigenvalue weighted by molar-refractivity contribution is 7.13. The van der Waals surface area contributed by atoms with Gasteiger partial charge in [0.2, 0.25) is 0 Å². The van der Waals surface area contributed by atoms with Crippen LogP contribution in [0.2, 0.25) is 10.0 Å². The SMILES string of the molecule is COc1ccc([C@H](Cc2c(Cl)cncc2Cl)OC(=O)c2ccc(CNC(C(=O)O[C@@H]3CCN(C)C3)c3ccccc3)s2)cc1OC. The molecule has 46 heavy (non-hydrogen) atoms. The molecule has 1 saturated heterocycles. The van der Waals surface area contributed by atoms with Crippen molar-refractivity contribution in [3.8, 4) is 11.5 Å². The van der Waals surface area contributed by atoms with E-state index in [9.17, 15) is 9.59 Å². The second-order valence-corrected chi connectivity index (χ2v) is 12.9. The highest BCUT2D eigenvalue weighted by Gasteiger charge is 2.29. The smallest absolute Gasteiger partial charge is 0.348 e. The first-order valence-electron chi connectivity index (χ1n) is 14.7. The van der Waals surface area contributed by atoms with Crippen molar-refractivity contribution in [1.29, 1.82) is 0 Å². The van der Waals surface area contributed by atoms with Crippen LogP contribution in [0.5, 0.6) is 11.5 Å². The number of hydrogen-bond acceptors (Lipinski definition) is 10. The van der Waals surface area contributed by atoms with Gasteiger partial charge in [0.15, 0.2) is 11.5 Å². The molecule has 3 heterocycles. The van der Waals surface area contributed by atoms with Gasteiger partial charge in [-0.05, 0) is 54.4 Å². The molecule has 3 atom stereocenters. The number of aromatic nitrogens is 1. The summed E-state index contributed by atoms with van der Waals surface area (Å²) in [7, 11) is 5.10. The minimum atomic E-state index is -0.750. The number of likely N-dealkylation sites (N-methyl/N-ethyl adjacent to an activating group) is 1. The Bertz CT molecular complexity index is 1630. The van der Waals surface area contributed by atoms with E-state index >= 15 is 0 Å². The Hall–Kier alpha value is -3.67. The Kier molecular flexibility index (Phi) is 11.5. The molecule has 1 aliphatic heterocycles. The number of benzene rings is 2. The second kappa shape index (κ2) is 15.8. The molecule has 1 fully saturated rings. The minimum Gasteiger partial charge on any atom is -0.493 e. The molecule has 12 heteroatoms. The molecule has 9 nitrogen and oxygen atoms in total. The quantitative estimate of drug-likeness (QED) is 0.155. The summed E-state index contributed by atoms with van der Waals surface area (Å²) < 4.78 is 22.8. The first-order chi connectivity index (χ1) is 22.2. The number of rotatable bonds is 13. The second-order valence-electron chi connectivity index (χ2n) is 10.9. The molecule has 2 aromatic heterocycles. The highest BCUT2D eigenvalue weighted by atomic mass is 35.5. The number of carbonyl (C=O) groups excluding carboxylic acids is 2.